The quantitative estimate of drug-likeness (QED) is 0.182. The number of hydrogen-bond acceptors (Lipinski definition) is 4. The molecule has 0 saturated carbocycles. The first-order chi connectivity index (χ1) is 20.7. The number of hydrogen-bond donors (Lipinski definition) is 1. The zero-order valence-corrected chi connectivity index (χ0v) is 27.2. The van der Waals surface area contributed by atoms with Crippen molar-refractivity contribution in [2.24, 2.45) is 0 Å². The Morgan fingerprint density at radius 2 is 1.41 bits per heavy atom. The molecule has 7 aromatic rings. The number of benzene rings is 5. The van der Waals surface area contributed by atoms with Gasteiger partial charge in [0.15, 0.2) is 0 Å². The Morgan fingerprint density at radius 1 is 0.705 bits per heavy atom. The molecule has 2 aromatic heterocycles. The molecule has 2 heterocycles. The fraction of sp³-hybridized carbons (Fsp3) is 0.128. The van der Waals surface area contributed by atoms with E-state index in [9.17, 15) is 5.11 Å². The van der Waals surface area contributed by atoms with Gasteiger partial charge in [0.25, 0.3) is 0 Å². The largest absolute Gasteiger partial charge is 0.507 e. The van der Waals surface area contributed by atoms with E-state index < -0.39 is 0 Å². The standard InChI is InChI=1S/C39H31N2O2.Pt/c1-24-17-29-21-30(39(2,3)4)22-33(36(29)40-23-24)28-19-26(25-11-6-5-7-12-25)18-27(20-28)31-14-10-16-35-37(31)41-38(43-35)32-13-8-9-15-34(32)42;/h5-19,21-23,42H,1-4H3;/q-1;. The molecular formula is C39H31N2O2Pt-. The summed E-state index contributed by atoms with van der Waals surface area (Å²) in [6.45, 7) is 8.80. The number of aryl methyl sites for hydroxylation is 1. The Bertz CT molecular complexity index is 2140. The average Bonchev–Trinajstić information content (AvgIpc) is 3.45. The predicted octanol–water partition coefficient (Wildman–Crippen LogP) is 10.2. The number of nitrogens with zero attached hydrogens (tertiary/aromatic N) is 2. The summed E-state index contributed by atoms with van der Waals surface area (Å²) in [6, 6.07) is 38.3. The molecule has 5 heteroatoms. The topological polar surface area (TPSA) is 59.2 Å². The van der Waals surface area contributed by atoms with Crippen LogP contribution < -0.4 is 0 Å². The van der Waals surface area contributed by atoms with E-state index in [2.05, 4.69) is 94.4 Å². The SMILES string of the molecule is Cc1cnc2c(-c3[c-]c(-c4cccc5oc(-c6ccccc6O)nc45)cc(-c4ccccc4)c3)cc(C(C)(C)C)cc2c1.[Pt]. The van der Waals surface area contributed by atoms with Gasteiger partial charge < -0.3 is 9.52 Å². The summed E-state index contributed by atoms with van der Waals surface area (Å²) in [4.78, 5) is 9.78. The Balaban J connectivity index is 0.00000343. The van der Waals surface area contributed by atoms with Crippen LogP contribution in [0.2, 0.25) is 0 Å². The van der Waals surface area contributed by atoms with E-state index in [1.807, 2.05) is 36.5 Å². The van der Waals surface area contributed by atoms with Crippen LogP contribution in [0.15, 0.2) is 114 Å². The summed E-state index contributed by atoms with van der Waals surface area (Å²) in [5, 5.41) is 11.6. The number of aromatic hydroxyl groups is 1. The van der Waals surface area contributed by atoms with Crippen molar-refractivity contribution in [1.29, 1.82) is 0 Å². The fourth-order valence-electron chi connectivity index (χ4n) is 5.59. The van der Waals surface area contributed by atoms with Crippen molar-refractivity contribution in [3.8, 4) is 50.6 Å². The monoisotopic (exact) mass is 754 g/mol. The van der Waals surface area contributed by atoms with Crippen LogP contribution in [-0.2, 0) is 26.5 Å². The van der Waals surface area contributed by atoms with E-state index in [0.29, 0.717) is 17.0 Å². The van der Waals surface area contributed by atoms with E-state index in [0.717, 1.165) is 55.4 Å². The van der Waals surface area contributed by atoms with Gasteiger partial charge in [-0.05, 0) is 58.7 Å². The molecule has 0 aliphatic rings. The molecular weight excluding hydrogens is 724 g/mol. The molecule has 0 atom stereocenters. The second-order valence-corrected chi connectivity index (χ2v) is 12.1. The van der Waals surface area contributed by atoms with Crippen LogP contribution in [-0.4, -0.2) is 15.1 Å². The maximum atomic E-state index is 10.5. The molecule has 0 bridgehead atoms. The number of fused-ring (bicyclic) bond motifs is 2. The first-order valence-corrected chi connectivity index (χ1v) is 14.5. The number of oxazole rings is 1. The van der Waals surface area contributed by atoms with Gasteiger partial charge in [0.05, 0.1) is 11.1 Å². The minimum atomic E-state index is -0.0434. The molecule has 0 radical (unpaired) electrons. The van der Waals surface area contributed by atoms with Crippen molar-refractivity contribution < 1.29 is 30.6 Å². The molecule has 0 unspecified atom stereocenters. The van der Waals surface area contributed by atoms with Crippen LogP contribution in [0.1, 0.15) is 31.9 Å². The van der Waals surface area contributed by atoms with Gasteiger partial charge in [0.2, 0.25) is 5.89 Å². The van der Waals surface area contributed by atoms with Crippen LogP contribution in [0.3, 0.4) is 0 Å². The maximum absolute atomic E-state index is 10.5. The van der Waals surface area contributed by atoms with Gasteiger partial charge in [-0.2, -0.15) is 0 Å². The van der Waals surface area contributed by atoms with Crippen molar-refractivity contribution >= 4 is 22.0 Å². The van der Waals surface area contributed by atoms with Crippen LogP contribution in [0.25, 0.3) is 66.8 Å². The summed E-state index contributed by atoms with van der Waals surface area (Å²) in [5.41, 5.74) is 11.2. The normalized spacial score (nSPS) is 11.5. The smallest absolute Gasteiger partial charge is 0.230 e. The van der Waals surface area contributed by atoms with Crippen molar-refractivity contribution in [2.45, 2.75) is 33.1 Å². The Kier molecular flexibility index (Phi) is 7.73. The van der Waals surface area contributed by atoms with Gasteiger partial charge in [-0.1, -0.05) is 104 Å². The molecule has 0 spiro atoms. The van der Waals surface area contributed by atoms with Gasteiger partial charge in [0, 0.05) is 32.8 Å². The van der Waals surface area contributed by atoms with Crippen LogP contribution in [0.5, 0.6) is 5.75 Å². The van der Waals surface area contributed by atoms with Crippen LogP contribution in [0.4, 0.5) is 0 Å². The summed E-state index contributed by atoms with van der Waals surface area (Å²) in [7, 11) is 0. The first kappa shape index (κ1) is 29.5. The number of phenolic OH excluding ortho intramolecular Hbond substituents is 1. The van der Waals surface area contributed by atoms with Gasteiger partial charge in [-0.15, -0.1) is 29.3 Å². The molecule has 0 fully saturated rings. The molecule has 1 N–H and O–H groups in total. The number of rotatable bonds is 4. The van der Waals surface area contributed by atoms with Crippen molar-refractivity contribution in [1.82, 2.24) is 9.97 Å². The third-order valence-corrected chi connectivity index (χ3v) is 7.90. The van der Waals surface area contributed by atoms with Crippen LogP contribution in [0, 0.1) is 13.0 Å². The van der Waals surface area contributed by atoms with E-state index in [4.69, 9.17) is 14.4 Å². The second kappa shape index (κ2) is 11.5. The minimum Gasteiger partial charge on any atom is -0.507 e. The van der Waals surface area contributed by atoms with Gasteiger partial charge in [-0.25, -0.2) is 4.98 Å². The number of pyridine rings is 1. The third-order valence-electron chi connectivity index (χ3n) is 7.90. The van der Waals surface area contributed by atoms with E-state index in [1.54, 1.807) is 12.1 Å². The van der Waals surface area contributed by atoms with Crippen molar-refractivity contribution in [3.05, 3.63) is 127 Å². The summed E-state index contributed by atoms with van der Waals surface area (Å²) >= 11 is 0. The first-order valence-electron chi connectivity index (χ1n) is 14.5. The number of phenols is 1. The Hall–Kier alpha value is -4.53. The van der Waals surface area contributed by atoms with E-state index >= 15 is 0 Å². The maximum Gasteiger partial charge on any atom is 0.230 e. The molecule has 4 nitrogen and oxygen atoms in total. The minimum absolute atomic E-state index is 0. The summed E-state index contributed by atoms with van der Waals surface area (Å²) in [6.07, 6.45) is 1.93. The molecule has 0 amide bonds. The molecule has 44 heavy (non-hydrogen) atoms. The molecule has 5 aromatic carbocycles. The van der Waals surface area contributed by atoms with Crippen molar-refractivity contribution in [2.75, 3.05) is 0 Å². The number of para-hydroxylation sites is 2. The molecule has 0 aliphatic carbocycles. The third kappa shape index (κ3) is 5.47. The van der Waals surface area contributed by atoms with Gasteiger partial charge >= 0.3 is 0 Å². The van der Waals surface area contributed by atoms with Crippen molar-refractivity contribution in [3.63, 3.8) is 0 Å². The molecule has 220 valence electrons. The molecule has 7 rings (SSSR count). The summed E-state index contributed by atoms with van der Waals surface area (Å²) < 4.78 is 6.15. The van der Waals surface area contributed by atoms with Gasteiger partial charge in [-0.3, -0.25) is 4.98 Å². The Morgan fingerprint density at radius 3 is 2.16 bits per heavy atom. The van der Waals surface area contributed by atoms with Crippen LogP contribution >= 0.6 is 0 Å². The fourth-order valence-corrected chi connectivity index (χ4v) is 5.59. The average molecular weight is 755 g/mol. The number of aromatic nitrogens is 2. The van der Waals surface area contributed by atoms with E-state index in [-0.39, 0.29) is 32.2 Å². The van der Waals surface area contributed by atoms with E-state index in [1.165, 1.54) is 5.56 Å². The van der Waals surface area contributed by atoms with Gasteiger partial charge in [0.1, 0.15) is 11.3 Å². The zero-order valence-electron chi connectivity index (χ0n) is 25.0. The molecule has 0 saturated heterocycles. The Labute approximate surface area is 271 Å². The second-order valence-electron chi connectivity index (χ2n) is 12.1. The zero-order chi connectivity index (χ0) is 29.7. The summed E-state index contributed by atoms with van der Waals surface area (Å²) in [5.74, 6) is 0.507. The predicted molar refractivity (Wildman–Crippen MR) is 175 cm³/mol. The molecule has 0 aliphatic heterocycles.